The largest absolute Gasteiger partial charge is 0.462 e. The molecule has 0 radical (unpaired) electrons. The summed E-state index contributed by atoms with van der Waals surface area (Å²) in [6, 6.07) is 6.75. The SMILES string of the molecule is C=Cc1ccc(O[C@@H]2O[C@H](CO[C@@H]3OC[C@@H](O)[C@H](O)[C@H]3O)[C@@H](O)[C@H](O)[C@H]2O)cc1. The van der Waals surface area contributed by atoms with Gasteiger partial charge in [-0.25, -0.2) is 0 Å². The lowest BCUT2D eigenvalue weighted by Crippen LogP contribution is -2.61. The number of ether oxygens (including phenoxy) is 4. The van der Waals surface area contributed by atoms with Crippen molar-refractivity contribution in [3.63, 3.8) is 0 Å². The quantitative estimate of drug-likeness (QED) is 0.307. The molecule has 2 fully saturated rings. The van der Waals surface area contributed by atoms with Crippen LogP contribution in [0.5, 0.6) is 5.75 Å². The van der Waals surface area contributed by atoms with Crippen LogP contribution < -0.4 is 4.74 Å². The summed E-state index contributed by atoms with van der Waals surface area (Å²) in [5.41, 5.74) is 0.863. The summed E-state index contributed by atoms with van der Waals surface area (Å²) in [5.74, 6) is 0.367. The molecule has 2 saturated heterocycles. The van der Waals surface area contributed by atoms with Gasteiger partial charge in [-0.15, -0.1) is 0 Å². The summed E-state index contributed by atoms with van der Waals surface area (Å²) >= 11 is 0. The molecule has 0 bridgehead atoms. The normalized spacial score (nSPS) is 40.4. The van der Waals surface area contributed by atoms with Crippen LogP contribution in [0.15, 0.2) is 30.8 Å². The van der Waals surface area contributed by atoms with E-state index < -0.39 is 55.3 Å². The Bertz CT molecular complexity index is 667. The first-order valence-electron chi connectivity index (χ1n) is 9.18. The number of rotatable bonds is 6. The Labute approximate surface area is 167 Å². The molecule has 1 aromatic rings. The fourth-order valence-corrected chi connectivity index (χ4v) is 3.08. The first-order chi connectivity index (χ1) is 13.8. The second kappa shape index (κ2) is 9.47. The Kier molecular flexibility index (Phi) is 7.22. The zero-order valence-corrected chi connectivity index (χ0v) is 15.5. The standard InChI is InChI=1S/C19H26O10/c1-2-9-3-5-10(6-4-9)28-19-17(25)15(23)14(22)12(29-19)8-27-18-16(24)13(21)11(20)7-26-18/h2-6,11-25H,1,7-8H2/t11-,12-,13+,14-,15+,16-,17-,18+,19-/m1/s1. The smallest absolute Gasteiger partial charge is 0.229 e. The summed E-state index contributed by atoms with van der Waals surface area (Å²) in [5, 5.41) is 59.5. The first-order valence-corrected chi connectivity index (χ1v) is 9.18. The molecule has 29 heavy (non-hydrogen) atoms. The van der Waals surface area contributed by atoms with E-state index in [2.05, 4.69) is 6.58 Å². The summed E-state index contributed by atoms with van der Waals surface area (Å²) in [6.45, 7) is 3.06. The molecule has 10 heteroatoms. The van der Waals surface area contributed by atoms with Crippen LogP contribution in [-0.2, 0) is 14.2 Å². The van der Waals surface area contributed by atoms with Crippen molar-refractivity contribution in [1.82, 2.24) is 0 Å². The van der Waals surface area contributed by atoms with Gasteiger partial charge in [0.2, 0.25) is 6.29 Å². The molecule has 0 aromatic heterocycles. The van der Waals surface area contributed by atoms with Crippen molar-refractivity contribution in [2.24, 2.45) is 0 Å². The highest BCUT2D eigenvalue weighted by Crippen LogP contribution is 2.26. The summed E-state index contributed by atoms with van der Waals surface area (Å²) in [7, 11) is 0. The van der Waals surface area contributed by atoms with Gasteiger partial charge in [0, 0.05) is 0 Å². The zero-order chi connectivity index (χ0) is 21.1. The number of hydrogen-bond acceptors (Lipinski definition) is 10. The van der Waals surface area contributed by atoms with Crippen LogP contribution in [0, 0.1) is 0 Å². The predicted molar refractivity (Wildman–Crippen MR) is 97.6 cm³/mol. The molecule has 0 spiro atoms. The van der Waals surface area contributed by atoms with Gasteiger partial charge in [-0.1, -0.05) is 24.8 Å². The van der Waals surface area contributed by atoms with Crippen molar-refractivity contribution >= 4 is 6.08 Å². The van der Waals surface area contributed by atoms with Crippen LogP contribution in [-0.4, -0.2) is 99.2 Å². The van der Waals surface area contributed by atoms with Crippen LogP contribution in [0.25, 0.3) is 6.08 Å². The molecule has 0 saturated carbocycles. The molecule has 0 amide bonds. The molecule has 0 unspecified atom stereocenters. The van der Waals surface area contributed by atoms with Gasteiger partial charge in [0.25, 0.3) is 0 Å². The second-order valence-electron chi connectivity index (χ2n) is 6.99. The lowest BCUT2D eigenvalue weighted by molar-refractivity contribution is -0.307. The third-order valence-electron chi connectivity index (χ3n) is 4.92. The fourth-order valence-electron chi connectivity index (χ4n) is 3.08. The number of hydrogen-bond donors (Lipinski definition) is 6. The maximum Gasteiger partial charge on any atom is 0.229 e. The van der Waals surface area contributed by atoms with Crippen molar-refractivity contribution in [3.05, 3.63) is 36.4 Å². The van der Waals surface area contributed by atoms with Gasteiger partial charge >= 0.3 is 0 Å². The van der Waals surface area contributed by atoms with Gasteiger partial charge in [-0.05, 0) is 17.7 Å². The lowest BCUT2D eigenvalue weighted by Gasteiger charge is -2.41. The molecular weight excluding hydrogens is 388 g/mol. The summed E-state index contributed by atoms with van der Waals surface area (Å²) < 4.78 is 21.6. The molecule has 2 aliphatic heterocycles. The lowest BCUT2D eigenvalue weighted by atomic mass is 9.99. The summed E-state index contributed by atoms with van der Waals surface area (Å²) in [6.07, 6.45) is -10.8. The van der Waals surface area contributed by atoms with E-state index in [1.165, 1.54) is 0 Å². The molecule has 0 aliphatic carbocycles. The van der Waals surface area contributed by atoms with Crippen molar-refractivity contribution in [3.8, 4) is 5.75 Å². The maximum absolute atomic E-state index is 10.2. The van der Waals surface area contributed by atoms with Crippen LogP contribution >= 0.6 is 0 Å². The minimum Gasteiger partial charge on any atom is -0.462 e. The van der Waals surface area contributed by atoms with E-state index in [9.17, 15) is 30.6 Å². The Morgan fingerprint density at radius 1 is 0.897 bits per heavy atom. The Balaban J connectivity index is 1.61. The monoisotopic (exact) mass is 414 g/mol. The molecule has 162 valence electrons. The third-order valence-corrected chi connectivity index (χ3v) is 4.92. The Hall–Kier alpha value is -1.60. The van der Waals surface area contributed by atoms with Gasteiger partial charge < -0.3 is 49.6 Å². The van der Waals surface area contributed by atoms with E-state index in [0.29, 0.717) is 5.75 Å². The van der Waals surface area contributed by atoms with Crippen molar-refractivity contribution in [1.29, 1.82) is 0 Å². The molecule has 9 atom stereocenters. The van der Waals surface area contributed by atoms with Crippen molar-refractivity contribution in [2.75, 3.05) is 13.2 Å². The third kappa shape index (κ3) is 4.94. The predicted octanol–water partition coefficient (Wildman–Crippen LogP) is -2.03. The zero-order valence-electron chi connectivity index (χ0n) is 15.5. The van der Waals surface area contributed by atoms with Crippen LogP contribution in [0.3, 0.4) is 0 Å². The average molecular weight is 414 g/mol. The van der Waals surface area contributed by atoms with Gasteiger partial charge in [0.05, 0.1) is 13.2 Å². The van der Waals surface area contributed by atoms with E-state index in [1.807, 2.05) is 0 Å². The van der Waals surface area contributed by atoms with E-state index >= 15 is 0 Å². The highest BCUT2D eigenvalue weighted by atomic mass is 16.7. The number of aliphatic hydroxyl groups excluding tert-OH is 6. The van der Waals surface area contributed by atoms with Crippen LogP contribution in [0.1, 0.15) is 5.56 Å². The van der Waals surface area contributed by atoms with Gasteiger partial charge in [0.1, 0.15) is 48.5 Å². The maximum atomic E-state index is 10.2. The van der Waals surface area contributed by atoms with Crippen LogP contribution in [0.4, 0.5) is 0 Å². The van der Waals surface area contributed by atoms with Crippen LogP contribution in [0.2, 0.25) is 0 Å². The van der Waals surface area contributed by atoms with E-state index in [1.54, 1.807) is 30.3 Å². The first kappa shape index (κ1) is 22.1. The van der Waals surface area contributed by atoms with E-state index in [4.69, 9.17) is 18.9 Å². The Morgan fingerprint density at radius 3 is 2.21 bits per heavy atom. The molecule has 2 heterocycles. The second-order valence-corrected chi connectivity index (χ2v) is 6.99. The van der Waals surface area contributed by atoms with E-state index in [0.717, 1.165) is 5.56 Å². The molecular formula is C19H26O10. The molecule has 6 N–H and O–H groups in total. The topological polar surface area (TPSA) is 158 Å². The molecule has 10 nitrogen and oxygen atoms in total. The van der Waals surface area contributed by atoms with Crippen molar-refractivity contribution in [2.45, 2.75) is 55.3 Å². The van der Waals surface area contributed by atoms with Gasteiger partial charge in [-0.3, -0.25) is 0 Å². The molecule has 1 aromatic carbocycles. The summed E-state index contributed by atoms with van der Waals surface area (Å²) in [4.78, 5) is 0. The fraction of sp³-hybridized carbons (Fsp3) is 0.579. The average Bonchev–Trinajstić information content (AvgIpc) is 2.73. The number of aliphatic hydroxyl groups is 6. The highest BCUT2D eigenvalue weighted by Gasteiger charge is 2.46. The van der Waals surface area contributed by atoms with Gasteiger partial charge in [-0.2, -0.15) is 0 Å². The minimum atomic E-state index is -1.57. The Morgan fingerprint density at radius 2 is 1.55 bits per heavy atom. The minimum absolute atomic E-state index is 0.245. The molecule has 3 rings (SSSR count). The molecule has 2 aliphatic rings. The van der Waals surface area contributed by atoms with Gasteiger partial charge in [0.15, 0.2) is 6.29 Å². The highest BCUT2D eigenvalue weighted by molar-refractivity contribution is 5.48. The van der Waals surface area contributed by atoms with Crippen molar-refractivity contribution < 1.29 is 49.6 Å². The number of benzene rings is 1. The van der Waals surface area contributed by atoms with E-state index in [-0.39, 0.29) is 13.2 Å².